The fourth-order valence-corrected chi connectivity index (χ4v) is 2.65. The van der Waals surface area contributed by atoms with Crippen molar-refractivity contribution in [3.05, 3.63) is 18.1 Å². The zero-order chi connectivity index (χ0) is 12.6. The van der Waals surface area contributed by atoms with Crippen LogP contribution in [0, 0.1) is 0 Å². The number of piperidine rings is 1. The van der Waals surface area contributed by atoms with Gasteiger partial charge >= 0.3 is 0 Å². The lowest BCUT2D eigenvalue weighted by atomic mass is 9.79. The van der Waals surface area contributed by atoms with E-state index in [1.165, 1.54) is 18.8 Å². The predicted octanol–water partition coefficient (Wildman–Crippen LogP) is 0.0269. The van der Waals surface area contributed by atoms with Crippen molar-refractivity contribution in [2.75, 3.05) is 25.4 Å². The fraction of sp³-hybridized carbons (Fsp3) is 0.583. The summed E-state index contributed by atoms with van der Waals surface area (Å²) in [7, 11) is 0. The van der Waals surface area contributed by atoms with Crippen LogP contribution < -0.4 is 11.1 Å². The average Bonchev–Trinajstić information content (AvgIpc) is 2.37. The summed E-state index contributed by atoms with van der Waals surface area (Å²) in [6.07, 6.45) is 6.16. The maximum Gasteiger partial charge on any atom is 0.274 e. The molecule has 2 saturated heterocycles. The number of nitrogens with two attached hydrogens (primary N) is 1. The average molecular weight is 247 g/mol. The van der Waals surface area contributed by atoms with E-state index in [4.69, 9.17) is 5.73 Å². The van der Waals surface area contributed by atoms with Crippen molar-refractivity contribution in [3.8, 4) is 0 Å². The van der Waals surface area contributed by atoms with E-state index in [0.717, 1.165) is 32.5 Å². The van der Waals surface area contributed by atoms with Crippen molar-refractivity contribution >= 4 is 11.7 Å². The Hall–Kier alpha value is -1.69. The van der Waals surface area contributed by atoms with Crippen LogP contribution >= 0.6 is 0 Å². The lowest BCUT2D eigenvalue weighted by molar-refractivity contribution is 0.0535. The quantitative estimate of drug-likeness (QED) is 0.731. The number of hydrogen-bond donors (Lipinski definition) is 2. The van der Waals surface area contributed by atoms with Gasteiger partial charge in [0.1, 0.15) is 11.5 Å². The second-order valence-electron chi connectivity index (χ2n) is 5.08. The number of hydrogen-bond acceptors (Lipinski definition) is 5. The highest BCUT2D eigenvalue weighted by Crippen LogP contribution is 2.31. The topological polar surface area (TPSA) is 84.1 Å². The molecule has 3 heterocycles. The molecule has 0 aromatic carbocycles. The van der Waals surface area contributed by atoms with E-state index in [-0.39, 0.29) is 5.91 Å². The second kappa shape index (κ2) is 4.20. The molecule has 0 saturated carbocycles. The third-order valence-corrected chi connectivity index (χ3v) is 4.00. The summed E-state index contributed by atoms with van der Waals surface area (Å²) in [5.74, 6) is 0.291. The maximum absolute atomic E-state index is 12.2. The molecule has 96 valence electrons. The Morgan fingerprint density at radius 1 is 1.28 bits per heavy atom. The molecule has 2 aliphatic rings. The molecule has 6 heteroatoms. The third kappa shape index (κ3) is 1.92. The molecule has 1 aromatic heterocycles. The molecule has 1 spiro atoms. The predicted molar refractivity (Wildman–Crippen MR) is 66.9 cm³/mol. The van der Waals surface area contributed by atoms with Crippen LogP contribution in [0.15, 0.2) is 12.4 Å². The lowest BCUT2D eigenvalue weighted by Gasteiger charge is -2.48. The zero-order valence-electron chi connectivity index (χ0n) is 10.2. The smallest absolute Gasteiger partial charge is 0.274 e. The molecular weight excluding hydrogens is 230 g/mol. The van der Waals surface area contributed by atoms with Gasteiger partial charge in [-0.1, -0.05) is 0 Å². The minimum absolute atomic E-state index is 0.0447. The SMILES string of the molecule is Nc1cnc(C(=O)N2CCC3(CCN3)CC2)cn1. The van der Waals surface area contributed by atoms with Crippen LogP contribution in [-0.4, -0.2) is 45.9 Å². The number of aromatic nitrogens is 2. The van der Waals surface area contributed by atoms with Gasteiger partial charge in [-0.3, -0.25) is 4.79 Å². The van der Waals surface area contributed by atoms with E-state index in [0.29, 0.717) is 17.1 Å². The molecule has 3 N–H and O–H groups in total. The normalized spacial score (nSPS) is 21.7. The van der Waals surface area contributed by atoms with Gasteiger partial charge in [-0.05, 0) is 25.8 Å². The first-order valence-electron chi connectivity index (χ1n) is 6.30. The van der Waals surface area contributed by atoms with Crippen LogP contribution in [0.4, 0.5) is 5.82 Å². The number of nitrogens with zero attached hydrogens (tertiary/aromatic N) is 3. The third-order valence-electron chi connectivity index (χ3n) is 4.00. The van der Waals surface area contributed by atoms with E-state index in [2.05, 4.69) is 15.3 Å². The van der Waals surface area contributed by atoms with E-state index < -0.39 is 0 Å². The van der Waals surface area contributed by atoms with Gasteiger partial charge in [0.25, 0.3) is 5.91 Å². The van der Waals surface area contributed by atoms with Crippen molar-refractivity contribution in [2.24, 2.45) is 0 Å². The standard InChI is InChI=1S/C12H17N5O/c13-10-8-14-9(7-15-10)11(18)17-5-2-12(3-6-17)1-4-16-12/h7-8,16H,1-6H2,(H2,13,15). The number of rotatable bonds is 1. The van der Waals surface area contributed by atoms with Gasteiger partial charge in [0.2, 0.25) is 0 Å². The van der Waals surface area contributed by atoms with Crippen LogP contribution in [0.5, 0.6) is 0 Å². The lowest BCUT2D eigenvalue weighted by Crippen LogP contribution is -2.62. The Balaban J connectivity index is 1.65. The van der Waals surface area contributed by atoms with Crippen LogP contribution in [0.1, 0.15) is 29.8 Å². The highest BCUT2D eigenvalue weighted by Gasteiger charge is 2.40. The van der Waals surface area contributed by atoms with Crippen molar-refractivity contribution in [2.45, 2.75) is 24.8 Å². The van der Waals surface area contributed by atoms with Gasteiger partial charge in [0.05, 0.1) is 12.4 Å². The van der Waals surface area contributed by atoms with E-state index >= 15 is 0 Å². The van der Waals surface area contributed by atoms with Crippen molar-refractivity contribution in [3.63, 3.8) is 0 Å². The summed E-state index contributed by atoms with van der Waals surface area (Å²) >= 11 is 0. The monoisotopic (exact) mass is 247 g/mol. The van der Waals surface area contributed by atoms with Gasteiger partial charge < -0.3 is 16.0 Å². The number of likely N-dealkylation sites (tertiary alicyclic amines) is 1. The minimum Gasteiger partial charge on any atom is -0.382 e. The van der Waals surface area contributed by atoms with Gasteiger partial charge in [-0.2, -0.15) is 0 Å². The Labute approximate surface area is 106 Å². The van der Waals surface area contributed by atoms with Crippen molar-refractivity contribution < 1.29 is 4.79 Å². The highest BCUT2D eigenvalue weighted by atomic mass is 16.2. The first-order valence-corrected chi connectivity index (χ1v) is 6.30. The summed E-state index contributed by atoms with van der Waals surface area (Å²) in [5, 5.41) is 3.49. The van der Waals surface area contributed by atoms with Crippen molar-refractivity contribution in [1.29, 1.82) is 0 Å². The van der Waals surface area contributed by atoms with Crippen LogP contribution in [0.25, 0.3) is 0 Å². The van der Waals surface area contributed by atoms with Gasteiger partial charge in [0.15, 0.2) is 0 Å². The highest BCUT2D eigenvalue weighted by molar-refractivity contribution is 5.92. The van der Waals surface area contributed by atoms with Gasteiger partial charge in [0, 0.05) is 18.6 Å². The number of amides is 1. The van der Waals surface area contributed by atoms with Crippen LogP contribution in [0.2, 0.25) is 0 Å². The molecule has 2 fully saturated rings. The summed E-state index contributed by atoms with van der Waals surface area (Å²) < 4.78 is 0. The molecule has 1 amide bonds. The molecule has 0 unspecified atom stereocenters. The summed E-state index contributed by atoms with van der Waals surface area (Å²) in [6, 6.07) is 0. The molecule has 18 heavy (non-hydrogen) atoms. The molecule has 0 aliphatic carbocycles. The Bertz CT molecular complexity index is 444. The molecule has 2 aliphatic heterocycles. The number of anilines is 1. The first kappa shape index (κ1) is 11.4. The Morgan fingerprint density at radius 3 is 2.50 bits per heavy atom. The molecular formula is C12H17N5O. The number of nitrogens with one attached hydrogen (secondary N) is 1. The first-order chi connectivity index (χ1) is 8.69. The van der Waals surface area contributed by atoms with E-state index in [1.54, 1.807) is 0 Å². The Morgan fingerprint density at radius 2 is 2.00 bits per heavy atom. The largest absolute Gasteiger partial charge is 0.382 e. The molecule has 0 bridgehead atoms. The summed E-state index contributed by atoms with van der Waals surface area (Å²) in [4.78, 5) is 22.0. The summed E-state index contributed by atoms with van der Waals surface area (Å²) in [5.41, 5.74) is 6.15. The summed E-state index contributed by atoms with van der Waals surface area (Å²) in [6.45, 7) is 2.69. The Kier molecular flexibility index (Phi) is 2.66. The molecule has 0 atom stereocenters. The second-order valence-corrected chi connectivity index (χ2v) is 5.08. The number of nitrogen functional groups attached to an aromatic ring is 1. The zero-order valence-corrected chi connectivity index (χ0v) is 10.2. The number of carbonyl (C=O) groups excluding carboxylic acids is 1. The van der Waals surface area contributed by atoms with E-state index in [9.17, 15) is 4.79 Å². The van der Waals surface area contributed by atoms with Crippen LogP contribution in [0.3, 0.4) is 0 Å². The van der Waals surface area contributed by atoms with Crippen LogP contribution in [-0.2, 0) is 0 Å². The molecule has 1 aromatic rings. The molecule has 6 nitrogen and oxygen atoms in total. The van der Waals surface area contributed by atoms with E-state index in [1.807, 2.05) is 4.90 Å². The minimum atomic E-state index is -0.0447. The van der Waals surface area contributed by atoms with Gasteiger partial charge in [-0.25, -0.2) is 9.97 Å². The molecule has 0 radical (unpaired) electrons. The van der Waals surface area contributed by atoms with Gasteiger partial charge in [-0.15, -0.1) is 0 Å². The molecule has 3 rings (SSSR count). The maximum atomic E-state index is 12.2. The fourth-order valence-electron chi connectivity index (χ4n) is 2.65. The van der Waals surface area contributed by atoms with Crippen molar-refractivity contribution in [1.82, 2.24) is 20.2 Å². The number of carbonyl (C=O) groups is 1.